The van der Waals surface area contributed by atoms with Gasteiger partial charge in [-0.2, -0.15) is 23.4 Å². The fourth-order valence-electron chi connectivity index (χ4n) is 1.91. The van der Waals surface area contributed by atoms with Crippen LogP contribution in [0.5, 0.6) is 0 Å². The summed E-state index contributed by atoms with van der Waals surface area (Å²) in [5, 5.41) is 7.71. The maximum absolute atomic E-state index is 12.6. The van der Waals surface area contributed by atoms with Crippen LogP contribution in [0.15, 0.2) is 42.6 Å². The van der Waals surface area contributed by atoms with Crippen LogP contribution in [0.1, 0.15) is 16.8 Å². The van der Waals surface area contributed by atoms with Gasteiger partial charge in [0.2, 0.25) is 0 Å². The molecule has 0 aliphatic heterocycles. The van der Waals surface area contributed by atoms with Gasteiger partial charge < -0.3 is 0 Å². The SMILES string of the molecule is CN(Cc1cccc(C(F)(F)F)c1)Cc1cccnn1. The summed E-state index contributed by atoms with van der Waals surface area (Å²) in [4.78, 5) is 1.89. The Morgan fingerprint density at radius 3 is 2.55 bits per heavy atom. The van der Waals surface area contributed by atoms with Crippen molar-refractivity contribution in [1.29, 1.82) is 0 Å². The molecule has 0 bridgehead atoms. The van der Waals surface area contributed by atoms with E-state index in [9.17, 15) is 13.2 Å². The molecule has 0 unspecified atom stereocenters. The molecule has 0 aliphatic carbocycles. The monoisotopic (exact) mass is 281 g/mol. The minimum atomic E-state index is -4.31. The Hall–Kier alpha value is -1.95. The molecule has 0 N–H and O–H groups in total. The first-order valence-electron chi connectivity index (χ1n) is 6.06. The average molecular weight is 281 g/mol. The van der Waals surface area contributed by atoms with E-state index < -0.39 is 11.7 Å². The van der Waals surface area contributed by atoms with Crippen molar-refractivity contribution in [3.05, 3.63) is 59.4 Å². The van der Waals surface area contributed by atoms with Crippen molar-refractivity contribution < 1.29 is 13.2 Å². The first kappa shape index (κ1) is 14.5. The lowest BCUT2D eigenvalue weighted by Crippen LogP contribution is -2.18. The molecule has 0 saturated carbocycles. The lowest BCUT2D eigenvalue weighted by molar-refractivity contribution is -0.137. The first-order chi connectivity index (χ1) is 9.45. The zero-order chi connectivity index (χ0) is 14.6. The molecule has 0 fully saturated rings. The molecule has 3 nitrogen and oxygen atoms in total. The molecule has 0 saturated heterocycles. The van der Waals surface area contributed by atoms with Crippen LogP contribution >= 0.6 is 0 Å². The van der Waals surface area contributed by atoms with Crippen LogP contribution in [0.4, 0.5) is 13.2 Å². The highest BCUT2D eigenvalue weighted by Crippen LogP contribution is 2.29. The van der Waals surface area contributed by atoms with Crippen LogP contribution in [-0.2, 0) is 19.3 Å². The molecular formula is C14H14F3N3. The normalized spacial score (nSPS) is 11.8. The highest BCUT2D eigenvalue weighted by molar-refractivity contribution is 5.25. The average Bonchev–Trinajstić information content (AvgIpc) is 2.39. The Morgan fingerprint density at radius 1 is 1.10 bits per heavy atom. The fraction of sp³-hybridized carbons (Fsp3) is 0.286. The minimum Gasteiger partial charge on any atom is -0.296 e. The van der Waals surface area contributed by atoms with Crippen LogP contribution in [0.2, 0.25) is 0 Å². The third kappa shape index (κ3) is 4.03. The number of halogens is 3. The molecule has 2 rings (SSSR count). The first-order valence-corrected chi connectivity index (χ1v) is 6.06. The molecule has 0 atom stereocenters. The Morgan fingerprint density at radius 2 is 1.90 bits per heavy atom. The molecular weight excluding hydrogens is 267 g/mol. The van der Waals surface area contributed by atoms with Gasteiger partial charge in [0.05, 0.1) is 11.3 Å². The number of aromatic nitrogens is 2. The standard InChI is InChI=1S/C14H14F3N3/c1-20(10-13-6-3-7-18-19-13)9-11-4-2-5-12(8-11)14(15,16)17/h2-8H,9-10H2,1H3. The van der Waals surface area contributed by atoms with E-state index in [1.165, 1.54) is 12.1 Å². The quantitative estimate of drug-likeness (QED) is 0.862. The maximum atomic E-state index is 12.6. The number of hydrogen-bond acceptors (Lipinski definition) is 3. The summed E-state index contributed by atoms with van der Waals surface area (Å²) in [7, 11) is 1.83. The van der Waals surface area contributed by atoms with E-state index in [2.05, 4.69) is 10.2 Å². The summed E-state index contributed by atoms with van der Waals surface area (Å²) < 4.78 is 37.9. The second kappa shape index (κ2) is 6.00. The molecule has 0 amide bonds. The fourth-order valence-corrected chi connectivity index (χ4v) is 1.91. The van der Waals surface area contributed by atoms with Gasteiger partial charge >= 0.3 is 6.18 Å². The summed E-state index contributed by atoms with van der Waals surface area (Å²) in [5.41, 5.74) is 0.774. The lowest BCUT2D eigenvalue weighted by atomic mass is 10.1. The van der Waals surface area contributed by atoms with E-state index in [0.29, 0.717) is 18.7 Å². The highest BCUT2D eigenvalue weighted by Gasteiger charge is 2.30. The van der Waals surface area contributed by atoms with Crippen molar-refractivity contribution in [2.75, 3.05) is 7.05 Å². The number of alkyl halides is 3. The highest BCUT2D eigenvalue weighted by atomic mass is 19.4. The summed E-state index contributed by atoms with van der Waals surface area (Å²) >= 11 is 0. The van der Waals surface area contributed by atoms with Gasteiger partial charge in [-0.15, -0.1) is 0 Å². The van der Waals surface area contributed by atoms with E-state index >= 15 is 0 Å². The molecule has 20 heavy (non-hydrogen) atoms. The number of benzene rings is 1. The van der Waals surface area contributed by atoms with Crippen LogP contribution < -0.4 is 0 Å². The molecule has 1 aromatic heterocycles. The third-order valence-electron chi connectivity index (χ3n) is 2.77. The van der Waals surface area contributed by atoms with Gasteiger partial charge in [-0.05, 0) is 30.8 Å². The summed E-state index contributed by atoms with van der Waals surface area (Å²) in [6.07, 6.45) is -2.73. The zero-order valence-electron chi connectivity index (χ0n) is 10.9. The predicted molar refractivity (Wildman–Crippen MR) is 68.6 cm³/mol. The van der Waals surface area contributed by atoms with Gasteiger partial charge in [0.15, 0.2) is 0 Å². The number of rotatable bonds is 4. The largest absolute Gasteiger partial charge is 0.416 e. The summed E-state index contributed by atoms with van der Waals surface area (Å²) in [6.45, 7) is 0.949. The van der Waals surface area contributed by atoms with Crippen molar-refractivity contribution >= 4 is 0 Å². The van der Waals surface area contributed by atoms with Crippen molar-refractivity contribution in [2.45, 2.75) is 19.3 Å². The van der Waals surface area contributed by atoms with Crippen molar-refractivity contribution in [3.63, 3.8) is 0 Å². The predicted octanol–water partition coefficient (Wildman–Crippen LogP) is 3.13. The molecule has 0 radical (unpaired) electrons. The summed E-state index contributed by atoms with van der Waals surface area (Å²) in [6, 6.07) is 8.96. The molecule has 1 aromatic carbocycles. The van der Waals surface area contributed by atoms with Gasteiger partial charge in [-0.3, -0.25) is 4.90 Å². The van der Waals surface area contributed by atoms with Gasteiger partial charge in [0.25, 0.3) is 0 Å². The smallest absolute Gasteiger partial charge is 0.296 e. The minimum absolute atomic E-state index is 0.417. The molecule has 1 heterocycles. The van der Waals surface area contributed by atoms with E-state index in [1.54, 1.807) is 18.3 Å². The third-order valence-corrected chi connectivity index (χ3v) is 2.77. The second-order valence-electron chi connectivity index (χ2n) is 4.59. The Labute approximate surface area is 115 Å². The molecule has 6 heteroatoms. The van der Waals surface area contributed by atoms with E-state index in [-0.39, 0.29) is 0 Å². The van der Waals surface area contributed by atoms with Crippen LogP contribution in [0, 0.1) is 0 Å². The van der Waals surface area contributed by atoms with Crippen molar-refractivity contribution in [3.8, 4) is 0 Å². The zero-order valence-corrected chi connectivity index (χ0v) is 10.9. The van der Waals surface area contributed by atoms with Gasteiger partial charge in [-0.1, -0.05) is 18.2 Å². The van der Waals surface area contributed by atoms with Gasteiger partial charge in [0.1, 0.15) is 0 Å². The van der Waals surface area contributed by atoms with E-state index in [0.717, 1.165) is 11.8 Å². The lowest BCUT2D eigenvalue weighted by Gasteiger charge is -2.17. The van der Waals surface area contributed by atoms with Crippen molar-refractivity contribution in [2.24, 2.45) is 0 Å². The van der Waals surface area contributed by atoms with Crippen LogP contribution in [-0.4, -0.2) is 22.1 Å². The maximum Gasteiger partial charge on any atom is 0.416 e. The van der Waals surface area contributed by atoms with Gasteiger partial charge in [-0.25, -0.2) is 0 Å². The molecule has 2 aromatic rings. The molecule has 106 valence electrons. The van der Waals surface area contributed by atoms with Crippen LogP contribution in [0.25, 0.3) is 0 Å². The molecule has 0 aliphatic rings. The molecule has 0 spiro atoms. The Kier molecular flexibility index (Phi) is 4.34. The van der Waals surface area contributed by atoms with Crippen LogP contribution in [0.3, 0.4) is 0 Å². The topological polar surface area (TPSA) is 29.0 Å². The van der Waals surface area contributed by atoms with E-state index in [1.807, 2.05) is 18.0 Å². The van der Waals surface area contributed by atoms with Gasteiger partial charge in [0, 0.05) is 19.3 Å². The van der Waals surface area contributed by atoms with Crippen molar-refractivity contribution in [1.82, 2.24) is 15.1 Å². The second-order valence-corrected chi connectivity index (χ2v) is 4.59. The number of hydrogen-bond donors (Lipinski definition) is 0. The Bertz CT molecular complexity index is 555. The van der Waals surface area contributed by atoms with E-state index in [4.69, 9.17) is 0 Å². The number of nitrogens with zero attached hydrogens (tertiary/aromatic N) is 3. The summed E-state index contributed by atoms with van der Waals surface area (Å²) in [5.74, 6) is 0. The Balaban J connectivity index is 2.03.